The summed E-state index contributed by atoms with van der Waals surface area (Å²) in [6.45, 7) is 31.8. The summed E-state index contributed by atoms with van der Waals surface area (Å²) >= 11 is 0. The topological polar surface area (TPSA) is 21.9 Å². The van der Waals surface area contributed by atoms with Crippen LogP contribution in [0.15, 0.2) is 4.42 Å². The van der Waals surface area contributed by atoms with Gasteiger partial charge >= 0.3 is 0 Å². The summed E-state index contributed by atoms with van der Waals surface area (Å²) in [5.41, 5.74) is 23.3. The van der Waals surface area contributed by atoms with Crippen molar-refractivity contribution in [2.45, 2.75) is 96.9 Å². The third-order valence-corrected chi connectivity index (χ3v) is 11.5. The molecule has 0 saturated heterocycles. The molecule has 6 rings (SSSR count). The van der Waals surface area contributed by atoms with Gasteiger partial charge in [-0.25, -0.2) is 4.57 Å². The number of nitrogens with zero attached hydrogens (tertiary/aromatic N) is 2. The van der Waals surface area contributed by atoms with Crippen molar-refractivity contribution in [1.29, 1.82) is 0 Å². The number of fused-ring (bicyclic) bond motifs is 7. The van der Waals surface area contributed by atoms with Crippen molar-refractivity contribution < 1.29 is 8.98 Å². The van der Waals surface area contributed by atoms with E-state index in [4.69, 9.17) is 4.42 Å². The minimum absolute atomic E-state index is 1.03. The molecule has 0 aliphatic heterocycles. The first-order chi connectivity index (χ1) is 19.1. The zero-order chi connectivity index (χ0) is 30.1. The molecule has 41 heavy (non-hydrogen) atoms. The van der Waals surface area contributed by atoms with Gasteiger partial charge in [0.05, 0.1) is 12.4 Å². The molecular formula is C38H45N2O+. The molecule has 0 N–H and O–H groups in total. The molecular weight excluding hydrogens is 500 g/mol. The molecule has 3 heterocycles. The second-order valence-electron chi connectivity index (χ2n) is 12.9. The van der Waals surface area contributed by atoms with Crippen LogP contribution in [0.4, 0.5) is 0 Å². The summed E-state index contributed by atoms with van der Waals surface area (Å²) in [5.74, 6) is 1.24. The summed E-state index contributed by atoms with van der Waals surface area (Å²) in [4.78, 5) is 0. The lowest BCUT2D eigenvalue weighted by Gasteiger charge is -2.17. The molecule has 0 aliphatic carbocycles. The van der Waals surface area contributed by atoms with E-state index < -0.39 is 0 Å². The Bertz CT molecular complexity index is 2150. The maximum absolute atomic E-state index is 7.08. The zero-order valence-corrected chi connectivity index (χ0v) is 27.8. The Morgan fingerprint density at radius 3 is 1.41 bits per heavy atom. The van der Waals surface area contributed by atoms with Gasteiger partial charge in [0.25, 0.3) is 5.82 Å². The second-order valence-corrected chi connectivity index (χ2v) is 12.9. The Morgan fingerprint density at radius 1 is 0.390 bits per heavy atom. The molecule has 0 atom stereocenters. The molecule has 0 unspecified atom stereocenters. The van der Waals surface area contributed by atoms with Gasteiger partial charge in [0.15, 0.2) is 0 Å². The quantitative estimate of drug-likeness (QED) is 0.188. The van der Waals surface area contributed by atoms with Gasteiger partial charge in [0.2, 0.25) is 0 Å². The van der Waals surface area contributed by atoms with Crippen LogP contribution in [-0.4, -0.2) is 4.57 Å². The van der Waals surface area contributed by atoms with Crippen molar-refractivity contribution in [3.63, 3.8) is 0 Å². The Morgan fingerprint density at radius 2 is 0.805 bits per heavy atom. The molecule has 0 saturated carbocycles. The molecule has 3 aromatic carbocycles. The Labute approximate surface area is 244 Å². The lowest BCUT2D eigenvalue weighted by molar-refractivity contribution is -0.672. The van der Waals surface area contributed by atoms with E-state index in [2.05, 4.69) is 113 Å². The van der Waals surface area contributed by atoms with E-state index in [1.54, 1.807) is 0 Å². The van der Waals surface area contributed by atoms with Gasteiger partial charge in [-0.2, -0.15) is 4.57 Å². The molecule has 0 fully saturated rings. The SMILES string of the molecule is Cc1c(C)c(C)[n+](C)c(-n2c3c(C)c(C)c(C)c(C)c3c3c4oc5c(C)c(C)c(C)c(C)c5c4c(C)c(C)c32)c1C. The van der Waals surface area contributed by atoms with Crippen LogP contribution in [0, 0.1) is 96.9 Å². The maximum atomic E-state index is 7.08. The largest absolute Gasteiger partial charge is 0.455 e. The van der Waals surface area contributed by atoms with Crippen molar-refractivity contribution in [2.75, 3.05) is 0 Å². The molecule has 0 amide bonds. The number of aryl methyl sites for hydroxylation is 6. The van der Waals surface area contributed by atoms with Gasteiger partial charge in [-0.1, -0.05) is 0 Å². The summed E-state index contributed by atoms with van der Waals surface area (Å²) in [6, 6.07) is 0. The first kappa shape index (κ1) is 27.6. The fourth-order valence-corrected chi connectivity index (χ4v) is 7.58. The zero-order valence-electron chi connectivity index (χ0n) is 27.8. The minimum Gasteiger partial charge on any atom is -0.455 e. The van der Waals surface area contributed by atoms with Crippen LogP contribution in [0.3, 0.4) is 0 Å². The second kappa shape index (κ2) is 8.71. The van der Waals surface area contributed by atoms with E-state index in [1.807, 2.05) is 0 Å². The van der Waals surface area contributed by atoms with Gasteiger partial charge in [0.1, 0.15) is 27.9 Å². The first-order valence-electron chi connectivity index (χ1n) is 15.0. The average Bonchev–Trinajstić information content (AvgIpc) is 3.51. The molecule has 0 radical (unpaired) electrons. The summed E-state index contributed by atoms with van der Waals surface area (Å²) in [6.07, 6.45) is 0. The fourth-order valence-electron chi connectivity index (χ4n) is 7.58. The van der Waals surface area contributed by atoms with Crippen LogP contribution in [0.2, 0.25) is 0 Å². The molecule has 0 spiro atoms. The third kappa shape index (κ3) is 3.18. The predicted octanol–water partition coefficient (Wildman–Crippen LogP) is 9.83. The van der Waals surface area contributed by atoms with Gasteiger partial charge in [-0.3, -0.25) is 0 Å². The van der Waals surface area contributed by atoms with E-state index in [9.17, 15) is 0 Å². The van der Waals surface area contributed by atoms with Gasteiger partial charge in [-0.15, -0.1) is 0 Å². The fraction of sp³-hybridized carbons (Fsp3) is 0.395. The standard InChI is InChI=1S/C38H45N2O/c1-16-18(3)25(10)34-30(22(16)7)33-35(40(34)38-28(13)20(5)21(6)29(14)39(38)15)26(11)24(9)32-31-23(8)17(2)19(4)27(12)36(31)41-37(32)33/h1-15H3/q+1. The summed E-state index contributed by atoms with van der Waals surface area (Å²) in [5, 5.41) is 5.14. The lowest BCUT2D eigenvalue weighted by atomic mass is 9.90. The van der Waals surface area contributed by atoms with Crippen LogP contribution in [0.25, 0.3) is 49.6 Å². The number of pyridine rings is 1. The van der Waals surface area contributed by atoms with Crippen molar-refractivity contribution >= 4 is 43.7 Å². The number of hydrogen-bond acceptors (Lipinski definition) is 1. The van der Waals surface area contributed by atoms with Crippen molar-refractivity contribution in [3.8, 4) is 5.82 Å². The summed E-state index contributed by atoms with van der Waals surface area (Å²) < 4.78 is 12.1. The first-order valence-corrected chi connectivity index (χ1v) is 15.0. The van der Waals surface area contributed by atoms with Crippen LogP contribution < -0.4 is 4.57 Å². The van der Waals surface area contributed by atoms with Crippen LogP contribution >= 0.6 is 0 Å². The highest BCUT2D eigenvalue weighted by Crippen LogP contribution is 2.48. The smallest absolute Gasteiger partial charge is 0.290 e. The number of furan rings is 1. The van der Waals surface area contributed by atoms with Crippen molar-refractivity contribution in [3.05, 3.63) is 78.0 Å². The number of rotatable bonds is 1. The molecule has 212 valence electrons. The number of aromatic nitrogens is 2. The van der Waals surface area contributed by atoms with Crippen LogP contribution in [-0.2, 0) is 7.05 Å². The molecule has 3 heteroatoms. The average molecular weight is 546 g/mol. The third-order valence-electron chi connectivity index (χ3n) is 11.5. The van der Waals surface area contributed by atoms with E-state index >= 15 is 0 Å². The molecule has 0 aliphatic rings. The van der Waals surface area contributed by atoms with Crippen LogP contribution in [0.1, 0.15) is 78.0 Å². The molecule has 3 nitrogen and oxygen atoms in total. The van der Waals surface area contributed by atoms with Crippen LogP contribution in [0.5, 0.6) is 0 Å². The van der Waals surface area contributed by atoms with E-state index in [-0.39, 0.29) is 0 Å². The predicted molar refractivity (Wildman–Crippen MR) is 176 cm³/mol. The molecule has 0 bridgehead atoms. The minimum atomic E-state index is 1.03. The Hall–Kier alpha value is -3.59. The Balaban J connectivity index is 2.05. The van der Waals surface area contributed by atoms with Gasteiger partial charge in [-0.05, 0) is 153 Å². The van der Waals surface area contributed by atoms with E-state index in [0.29, 0.717) is 0 Å². The van der Waals surface area contributed by atoms with Gasteiger partial charge in [0, 0.05) is 32.8 Å². The van der Waals surface area contributed by atoms with E-state index in [1.165, 1.54) is 116 Å². The molecule has 3 aromatic heterocycles. The van der Waals surface area contributed by atoms with E-state index in [0.717, 1.165) is 11.2 Å². The molecule has 6 aromatic rings. The normalized spacial score (nSPS) is 12.3. The highest BCUT2D eigenvalue weighted by Gasteiger charge is 2.34. The number of hydrogen-bond donors (Lipinski definition) is 0. The monoisotopic (exact) mass is 545 g/mol. The lowest BCUT2D eigenvalue weighted by Crippen LogP contribution is -2.39. The maximum Gasteiger partial charge on any atom is 0.290 e. The highest BCUT2D eigenvalue weighted by atomic mass is 16.3. The van der Waals surface area contributed by atoms with Gasteiger partial charge < -0.3 is 4.42 Å². The number of benzene rings is 3. The highest BCUT2D eigenvalue weighted by molar-refractivity contribution is 6.27. The Kier molecular flexibility index (Phi) is 5.86. The summed E-state index contributed by atoms with van der Waals surface area (Å²) in [7, 11) is 2.23. The van der Waals surface area contributed by atoms with Crippen molar-refractivity contribution in [2.24, 2.45) is 7.05 Å². The van der Waals surface area contributed by atoms with Crippen molar-refractivity contribution in [1.82, 2.24) is 4.57 Å².